The van der Waals surface area contributed by atoms with Crippen molar-refractivity contribution >= 4 is 5.97 Å². The molecule has 0 bridgehead atoms. The van der Waals surface area contributed by atoms with E-state index >= 15 is 0 Å². The minimum atomic E-state index is -0.449. The normalized spacial score (nSPS) is 34.1. The third-order valence-corrected chi connectivity index (χ3v) is 3.63. The summed E-state index contributed by atoms with van der Waals surface area (Å²) in [7, 11) is 3.16. The van der Waals surface area contributed by atoms with E-state index in [2.05, 4.69) is 11.5 Å². The Labute approximate surface area is 96.2 Å². The van der Waals surface area contributed by atoms with Crippen molar-refractivity contribution in [1.82, 2.24) is 4.90 Å². The molecule has 16 heavy (non-hydrogen) atoms. The molecule has 0 radical (unpaired) electrons. The molecule has 0 N–H and O–H groups in total. The van der Waals surface area contributed by atoms with Crippen molar-refractivity contribution in [2.45, 2.75) is 18.4 Å². The van der Waals surface area contributed by atoms with Crippen LogP contribution in [0.1, 0.15) is 12.8 Å². The average Bonchev–Trinajstić information content (AvgIpc) is 2.70. The van der Waals surface area contributed by atoms with Crippen LogP contribution in [0, 0.1) is 5.92 Å². The molecule has 0 unspecified atom stereocenters. The van der Waals surface area contributed by atoms with Gasteiger partial charge in [0.05, 0.1) is 13.7 Å². The number of hydrogen-bond acceptors (Lipinski definition) is 4. The fraction of sp³-hybridized carbons (Fsp3) is 0.750. The van der Waals surface area contributed by atoms with E-state index in [1.807, 2.05) is 0 Å². The third-order valence-electron chi connectivity index (χ3n) is 3.63. The van der Waals surface area contributed by atoms with Crippen LogP contribution in [0.3, 0.4) is 0 Å². The van der Waals surface area contributed by atoms with Crippen molar-refractivity contribution < 1.29 is 14.3 Å². The lowest BCUT2D eigenvalue weighted by molar-refractivity contribution is -0.151. The number of ether oxygens (including phenoxy) is 2. The van der Waals surface area contributed by atoms with Crippen LogP contribution in [0.4, 0.5) is 0 Å². The highest BCUT2D eigenvalue weighted by atomic mass is 16.5. The Morgan fingerprint density at radius 3 is 3.00 bits per heavy atom. The van der Waals surface area contributed by atoms with Gasteiger partial charge in [0.1, 0.15) is 5.54 Å². The number of fused-ring (bicyclic) bond motifs is 1. The number of esters is 1. The smallest absolute Gasteiger partial charge is 0.326 e. The van der Waals surface area contributed by atoms with Gasteiger partial charge in [-0.15, -0.1) is 0 Å². The molecule has 0 aromatic carbocycles. The van der Waals surface area contributed by atoms with Gasteiger partial charge >= 0.3 is 5.97 Å². The van der Waals surface area contributed by atoms with Crippen LogP contribution < -0.4 is 0 Å². The van der Waals surface area contributed by atoms with Gasteiger partial charge in [0, 0.05) is 20.2 Å². The molecule has 2 saturated heterocycles. The van der Waals surface area contributed by atoms with Crippen LogP contribution in [-0.2, 0) is 14.3 Å². The van der Waals surface area contributed by atoms with E-state index in [4.69, 9.17) is 9.47 Å². The number of methoxy groups -OCH3 is 2. The van der Waals surface area contributed by atoms with Gasteiger partial charge in [-0.25, -0.2) is 0 Å². The molecule has 2 aliphatic heterocycles. The van der Waals surface area contributed by atoms with Crippen molar-refractivity contribution in [1.29, 1.82) is 0 Å². The molecule has 0 saturated carbocycles. The van der Waals surface area contributed by atoms with Crippen LogP contribution in [0.2, 0.25) is 0 Å². The van der Waals surface area contributed by atoms with Crippen molar-refractivity contribution in [2.24, 2.45) is 5.92 Å². The monoisotopic (exact) mass is 225 g/mol. The lowest BCUT2D eigenvalue weighted by Gasteiger charge is -2.27. The summed E-state index contributed by atoms with van der Waals surface area (Å²) in [4.78, 5) is 14.2. The van der Waals surface area contributed by atoms with E-state index < -0.39 is 5.54 Å². The largest absolute Gasteiger partial charge is 0.468 e. The Balaban J connectivity index is 2.18. The summed E-state index contributed by atoms with van der Waals surface area (Å²) < 4.78 is 10.1. The van der Waals surface area contributed by atoms with Crippen molar-refractivity contribution in [3.05, 3.63) is 12.2 Å². The van der Waals surface area contributed by atoms with E-state index in [0.717, 1.165) is 31.5 Å². The highest BCUT2D eigenvalue weighted by Gasteiger charge is 2.55. The van der Waals surface area contributed by atoms with Gasteiger partial charge in [0.15, 0.2) is 0 Å². The first-order chi connectivity index (χ1) is 7.62. The summed E-state index contributed by atoms with van der Waals surface area (Å²) in [6.45, 7) is 6.42. The van der Waals surface area contributed by atoms with E-state index in [1.165, 1.54) is 7.11 Å². The fourth-order valence-corrected chi connectivity index (χ4v) is 3.12. The topological polar surface area (TPSA) is 38.8 Å². The molecule has 0 amide bonds. The third kappa shape index (κ3) is 1.66. The first-order valence-electron chi connectivity index (χ1n) is 5.61. The predicted octanol–water partition coefficient (Wildman–Crippen LogP) is 0.826. The summed E-state index contributed by atoms with van der Waals surface area (Å²) >= 11 is 0. The van der Waals surface area contributed by atoms with Crippen LogP contribution in [-0.4, -0.2) is 50.3 Å². The number of hydrogen-bond donors (Lipinski definition) is 0. The summed E-state index contributed by atoms with van der Waals surface area (Å²) in [6.07, 6.45) is 1.56. The zero-order valence-electron chi connectivity index (χ0n) is 9.99. The molecule has 4 heteroatoms. The Morgan fingerprint density at radius 2 is 2.38 bits per heavy atom. The highest BCUT2D eigenvalue weighted by molar-refractivity contribution is 5.82. The Kier molecular flexibility index (Phi) is 3.04. The molecule has 90 valence electrons. The molecular formula is C12H19NO3. The maximum atomic E-state index is 12.0. The average molecular weight is 225 g/mol. The van der Waals surface area contributed by atoms with Crippen molar-refractivity contribution in [3.63, 3.8) is 0 Å². The molecule has 0 aromatic rings. The standard InChI is InChI=1S/C12H19NO3/c1-9-4-12(11(14)16-3)5-10(8-15-2)7-13(12)6-9/h10H,1,4-8H2,2-3H3/t10-,12-/m0/s1. The molecule has 2 heterocycles. The van der Waals surface area contributed by atoms with E-state index in [-0.39, 0.29) is 5.97 Å². The first kappa shape index (κ1) is 11.6. The molecule has 0 aromatic heterocycles. The second-order valence-corrected chi connectivity index (χ2v) is 4.86. The molecule has 2 aliphatic rings. The van der Waals surface area contributed by atoms with Gasteiger partial charge in [0.25, 0.3) is 0 Å². The zero-order valence-corrected chi connectivity index (χ0v) is 9.99. The van der Waals surface area contributed by atoms with Crippen LogP contribution in [0.15, 0.2) is 12.2 Å². The number of carbonyl (C=O) groups excluding carboxylic acids is 1. The Bertz CT molecular complexity index is 315. The molecule has 2 rings (SSSR count). The van der Waals surface area contributed by atoms with Crippen LogP contribution >= 0.6 is 0 Å². The molecule has 2 atom stereocenters. The summed E-state index contributed by atoms with van der Waals surface area (Å²) in [6, 6.07) is 0. The molecule has 0 aliphatic carbocycles. The zero-order chi connectivity index (χ0) is 11.8. The second-order valence-electron chi connectivity index (χ2n) is 4.86. The van der Waals surface area contributed by atoms with Gasteiger partial charge in [-0.3, -0.25) is 9.69 Å². The van der Waals surface area contributed by atoms with Crippen LogP contribution in [0.5, 0.6) is 0 Å². The fourth-order valence-electron chi connectivity index (χ4n) is 3.12. The number of nitrogens with zero attached hydrogens (tertiary/aromatic N) is 1. The SMILES string of the molecule is C=C1CN2C[C@@H](COC)C[C@]2(C(=O)OC)C1. The van der Waals surface area contributed by atoms with Gasteiger partial charge in [0.2, 0.25) is 0 Å². The minimum absolute atomic E-state index is 0.121. The Morgan fingerprint density at radius 1 is 1.62 bits per heavy atom. The van der Waals surface area contributed by atoms with Gasteiger partial charge < -0.3 is 9.47 Å². The van der Waals surface area contributed by atoms with Gasteiger partial charge in [-0.1, -0.05) is 12.2 Å². The van der Waals surface area contributed by atoms with E-state index in [9.17, 15) is 4.79 Å². The maximum Gasteiger partial charge on any atom is 0.326 e. The highest BCUT2D eigenvalue weighted by Crippen LogP contribution is 2.43. The number of rotatable bonds is 3. The second kappa shape index (κ2) is 4.18. The van der Waals surface area contributed by atoms with Gasteiger partial charge in [-0.2, -0.15) is 0 Å². The summed E-state index contributed by atoms with van der Waals surface area (Å²) in [5.74, 6) is 0.307. The summed E-state index contributed by atoms with van der Waals surface area (Å²) in [5.41, 5.74) is 0.677. The molecule has 2 fully saturated rings. The lowest BCUT2D eigenvalue weighted by atomic mass is 9.89. The Hall–Kier alpha value is -0.870. The first-order valence-corrected chi connectivity index (χ1v) is 5.61. The number of carbonyl (C=O) groups is 1. The predicted molar refractivity (Wildman–Crippen MR) is 60.1 cm³/mol. The quantitative estimate of drug-likeness (QED) is 0.527. The molecular weight excluding hydrogens is 206 g/mol. The van der Waals surface area contributed by atoms with Crippen molar-refractivity contribution in [3.8, 4) is 0 Å². The van der Waals surface area contributed by atoms with Crippen molar-refractivity contribution in [2.75, 3.05) is 33.9 Å². The summed E-state index contributed by atoms with van der Waals surface area (Å²) in [5, 5.41) is 0. The minimum Gasteiger partial charge on any atom is -0.468 e. The van der Waals surface area contributed by atoms with E-state index in [0.29, 0.717) is 12.5 Å². The molecule has 4 nitrogen and oxygen atoms in total. The lowest BCUT2D eigenvalue weighted by Crippen LogP contribution is -2.46. The molecule has 0 spiro atoms. The van der Waals surface area contributed by atoms with Gasteiger partial charge in [-0.05, 0) is 18.8 Å². The van der Waals surface area contributed by atoms with E-state index in [1.54, 1.807) is 7.11 Å². The maximum absolute atomic E-state index is 12.0. The van der Waals surface area contributed by atoms with Crippen LogP contribution in [0.25, 0.3) is 0 Å².